The predicted octanol–water partition coefficient (Wildman–Crippen LogP) is 6.18. The first kappa shape index (κ1) is 25.8. The van der Waals surface area contributed by atoms with E-state index in [4.69, 9.17) is 24.7 Å². The molecule has 9 nitrogen and oxygen atoms in total. The number of allylic oxidation sites excluding steroid dienone is 1. The Hall–Kier alpha value is -4.86. The van der Waals surface area contributed by atoms with Crippen LogP contribution in [0.5, 0.6) is 17.2 Å². The van der Waals surface area contributed by atoms with Crippen LogP contribution in [0.1, 0.15) is 22.3 Å². The van der Waals surface area contributed by atoms with Crippen LogP contribution < -0.4 is 14.8 Å². The third-order valence-electron chi connectivity index (χ3n) is 5.14. The third-order valence-corrected chi connectivity index (χ3v) is 5.14. The summed E-state index contributed by atoms with van der Waals surface area (Å²) in [5, 5.41) is 32.7. The average molecular weight is 485 g/mol. The molecule has 3 aromatic carbocycles. The minimum absolute atomic E-state index is 0.169. The number of nitro groups is 1. The molecule has 0 heterocycles. The number of aryl methyl sites for hydroxylation is 2. The molecule has 0 spiro atoms. The zero-order valence-electron chi connectivity index (χ0n) is 20.1. The Morgan fingerprint density at radius 1 is 1.03 bits per heavy atom. The van der Waals surface area contributed by atoms with Crippen LogP contribution in [0.25, 0.3) is 6.08 Å². The summed E-state index contributed by atoms with van der Waals surface area (Å²) < 4.78 is 17.1. The van der Waals surface area contributed by atoms with E-state index in [1.54, 1.807) is 30.3 Å². The molecular formula is C27H24N4O5. The van der Waals surface area contributed by atoms with Crippen LogP contribution in [0.4, 0.5) is 17.1 Å². The van der Waals surface area contributed by atoms with Crippen LogP contribution in [0.3, 0.4) is 0 Å². The number of hydrogen-bond acceptors (Lipinski definition) is 8. The molecule has 0 aliphatic heterocycles. The van der Waals surface area contributed by atoms with Gasteiger partial charge in [0.15, 0.2) is 11.5 Å². The van der Waals surface area contributed by atoms with E-state index in [9.17, 15) is 10.1 Å². The van der Waals surface area contributed by atoms with Crippen molar-refractivity contribution in [1.82, 2.24) is 0 Å². The molecular weight excluding hydrogens is 460 g/mol. The molecule has 36 heavy (non-hydrogen) atoms. The molecule has 0 atom stereocenters. The van der Waals surface area contributed by atoms with Crippen molar-refractivity contribution in [3.63, 3.8) is 0 Å². The van der Waals surface area contributed by atoms with E-state index in [-0.39, 0.29) is 36.1 Å². The largest absolute Gasteiger partial charge is 0.487 e. The monoisotopic (exact) mass is 484 g/mol. The SMILES string of the molecule is COCCOc1cc([N+](=O)[O-])c(Nc2ccc(C#N)cc2)cc1Oc1c(C)cc(/C=C/C#N)cc1C. The van der Waals surface area contributed by atoms with Crippen molar-refractivity contribution in [1.29, 1.82) is 10.5 Å². The lowest BCUT2D eigenvalue weighted by molar-refractivity contribution is -0.384. The van der Waals surface area contributed by atoms with Crippen LogP contribution in [0.15, 0.2) is 54.6 Å². The fraction of sp³-hybridized carbons (Fsp3) is 0.185. The summed E-state index contributed by atoms with van der Waals surface area (Å²) in [6.45, 7) is 4.20. The number of nitriles is 2. The van der Waals surface area contributed by atoms with Crippen molar-refractivity contribution >= 4 is 23.1 Å². The van der Waals surface area contributed by atoms with Gasteiger partial charge in [0.1, 0.15) is 18.0 Å². The zero-order chi connectivity index (χ0) is 26.1. The van der Waals surface area contributed by atoms with Gasteiger partial charge in [-0.1, -0.05) is 0 Å². The molecule has 3 aromatic rings. The number of rotatable bonds is 10. The standard InChI is InChI=1S/C27H24N4O5/c1-18-13-21(5-4-10-28)14-19(2)27(18)36-26-15-23(30-22-8-6-20(17-29)7-9-22)24(31(32)33)16-25(26)35-12-11-34-3/h4-9,13-16,30H,11-12H2,1-3H3/b5-4+. The van der Waals surface area contributed by atoms with Crippen LogP contribution in [0, 0.1) is 46.6 Å². The molecule has 0 aromatic heterocycles. The second-order valence-corrected chi connectivity index (χ2v) is 7.78. The van der Waals surface area contributed by atoms with Gasteiger partial charge in [0.05, 0.1) is 35.3 Å². The van der Waals surface area contributed by atoms with Crippen molar-refractivity contribution in [2.75, 3.05) is 25.6 Å². The van der Waals surface area contributed by atoms with Gasteiger partial charge in [-0.05, 0) is 73.0 Å². The Balaban J connectivity index is 2.06. The number of nitrogens with one attached hydrogen (secondary N) is 1. The van der Waals surface area contributed by atoms with Crippen molar-refractivity contribution in [3.8, 4) is 29.4 Å². The van der Waals surface area contributed by atoms with Gasteiger partial charge >= 0.3 is 0 Å². The first-order valence-corrected chi connectivity index (χ1v) is 10.9. The quantitative estimate of drug-likeness (QED) is 0.156. The van der Waals surface area contributed by atoms with Gasteiger partial charge in [-0.15, -0.1) is 0 Å². The van der Waals surface area contributed by atoms with Gasteiger partial charge in [0.25, 0.3) is 5.69 Å². The van der Waals surface area contributed by atoms with E-state index in [2.05, 4.69) is 5.32 Å². The second kappa shape index (κ2) is 12.0. The highest BCUT2D eigenvalue weighted by molar-refractivity contribution is 5.74. The van der Waals surface area contributed by atoms with Crippen LogP contribution in [0.2, 0.25) is 0 Å². The average Bonchev–Trinajstić information content (AvgIpc) is 2.86. The van der Waals surface area contributed by atoms with Crippen LogP contribution >= 0.6 is 0 Å². The molecule has 1 N–H and O–H groups in total. The summed E-state index contributed by atoms with van der Waals surface area (Å²) in [7, 11) is 1.53. The Morgan fingerprint density at radius 2 is 1.72 bits per heavy atom. The van der Waals surface area contributed by atoms with Crippen molar-refractivity contribution in [2.45, 2.75) is 13.8 Å². The molecule has 0 aliphatic rings. The number of nitro benzene ring substituents is 1. The summed E-state index contributed by atoms with van der Waals surface area (Å²) >= 11 is 0. The number of methoxy groups -OCH3 is 1. The predicted molar refractivity (Wildman–Crippen MR) is 136 cm³/mol. The first-order chi connectivity index (χ1) is 17.4. The van der Waals surface area contributed by atoms with Gasteiger partial charge in [-0.3, -0.25) is 10.1 Å². The summed E-state index contributed by atoms with van der Waals surface area (Å²) in [6, 6.07) is 17.1. The first-order valence-electron chi connectivity index (χ1n) is 10.9. The number of benzene rings is 3. The lowest BCUT2D eigenvalue weighted by Crippen LogP contribution is -2.07. The number of hydrogen-bond donors (Lipinski definition) is 1. The minimum Gasteiger partial charge on any atom is -0.487 e. The van der Waals surface area contributed by atoms with Gasteiger partial charge in [-0.25, -0.2) is 0 Å². The molecule has 182 valence electrons. The molecule has 9 heteroatoms. The maximum atomic E-state index is 11.9. The van der Waals surface area contributed by atoms with Crippen LogP contribution in [-0.4, -0.2) is 25.2 Å². The lowest BCUT2D eigenvalue weighted by atomic mass is 10.1. The van der Waals surface area contributed by atoms with E-state index in [1.165, 1.54) is 25.3 Å². The van der Waals surface area contributed by atoms with E-state index < -0.39 is 4.92 Å². The fourth-order valence-corrected chi connectivity index (χ4v) is 3.50. The molecule has 0 amide bonds. The third kappa shape index (κ3) is 6.38. The van der Waals surface area contributed by atoms with Gasteiger partial charge in [0.2, 0.25) is 0 Å². The highest BCUT2D eigenvalue weighted by Gasteiger charge is 2.22. The van der Waals surface area contributed by atoms with Gasteiger partial charge < -0.3 is 19.5 Å². The lowest BCUT2D eigenvalue weighted by Gasteiger charge is -2.18. The van der Waals surface area contributed by atoms with Crippen molar-refractivity contribution in [3.05, 3.63) is 87.0 Å². The normalized spacial score (nSPS) is 10.5. The summed E-state index contributed by atoms with van der Waals surface area (Å²) in [4.78, 5) is 11.4. The Labute approximate surface area is 208 Å². The Kier molecular flexibility index (Phi) is 8.60. The number of nitrogens with zero attached hydrogens (tertiary/aromatic N) is 3. The number of ether oxygens (including phenoxy) is 3. The van der Waals surface area contributed by atoms with Gasteiger partial charge in [0, 0.05) is 24.9 Å². The van der Waals surface area contributed by atoms with E-state index >= 15 is 0 Å². The van der Waals surface area contributed by atoms with E-state index in [0.29, 0.717) is 17.0 Å². The molecule has 0 aliphatic carbocycles. The highest BCUT2D eigenvalue weighted by atomic mass is 16.6. The molecule has 0 radical (unpaired) electrons. The highest BCUT2D eigenvalue weighted by Crippen LogP contribution is 2.42. The molecule has 0 unspecified atom stereocenters. The fourth-order valence-electron chi connectivity index (χ4n) is 3.50. The van der Waals surface area contributed by atoms with Crippen molar-refractivity contribution in [2.24, 2.45) is 0 Å². The number of anilines is 2. The van der Waals surface area contributed by atoms with Crippen LogP contribution in [-0.2, 0) is 4.74 Å². The Bertz CT molecular complexity index is 1350. The summed E-state index contributed by atoms with van der Waals surface area (Å²) in [5.41, 5.74) is 3.51. The second-order valence-electron chi connectivity index (χ2n) is 7.78. The molecule has 0 fully saturated rings. The molecule has 0 saturated heterocycles. The molecule has 0 saturated carbocycles. The van der Waals surface area contributed by atoms with Crippen molar-refractivity contribution < 1.29 is 19.1 Å². The minimum atomic E-state index is -0.508. The molecule has 0 bridgehead atoms. The van der Waals surface area contributed by atoms with Gasteiger partial charge in [-0.2, -0.15) is 10.5 Å². The zero-order valence-corrected chi connectivity index (χ0v) is 20.1. The maximum absolute atomic E-state index is 11.9. The Morgan fingerprint density at radius 3 is 2.31 bits per heavy atom. The van der Waals surface area contributed by atoms with E-state index in [0.717, 1.165) is 16.7 Å². The smallest absolute Gasteiger partial charge is 0.296 e. The maximum Gasteiger partial charge on any atom is 0.296 e. The summed E-state index contributed by atoms with van der Waals surface area (Å²) in [6.07, 6.45) is 3.10. The van der Waals surface area contributed by atoms with E-state index in [1.807, 2.05) is 38.1 Å². The molecule has 3 rings (SSSR count). The topological polar surface area (TPSA) is 130 Å². The summed E-state index contributed by atoms with van der Waals surface area (Å²) in [5.74, 6) is 1.04.